The second kappa shape index (κ2) is 9.00. The van der Waals surface area contributed by atoms with E-state index in [-0.39, 0.29) is 11.6 Å². The number of nitrogens with zero attached hydrogens (tertiary/aromatic N) is 2. The Morgan fingerprint density at radius 1 is 0.931 bits per heavy atom. The van der Waals surface area contributed by atoms with E-state index in [0.29, 0.717) is 0 Å². The summed E-state index contributed by atoms with van der Waals surface area (Å²) in [4.78, 5) is 16.9. The van der Waals surface area contributed by atoms with Crippen LogP contribution in [0.15, 0.2) is 60.7 Å². The summed E-state index contributed by atoms with van der Waals surface area (Å²) in [5.74, 6) is 0. The molecule has 0 N–H and O–H groups in total. The van der Waals surface area contributed by atoms with Gasteiger partial charge in [0.1, 0.15) is 5.60 Å². The summed E-state index contributed by atoms with van der Waals surface area (Å²) in [6.07, 6.45) is 1.68. The van der Waals surface area contributed by atoms with Crippen molar-refractivity contribution < 1.29 is 9.53 Å². The highest BCUT2D eigenvalue weighted by Gasteiger charge is 2.38. The molecule has 1 heterocycles. The Hall–Kier alpha value is -2.33. The van der Waals surface area contributed by atoms with Crippen LogP contribution in [0.5, 0.6) is 0 Å². The molecule has 0 radical (unpaired) electrons. The SMILES string of the molecule is CC(C)(C)OC(=O)N1CCC(C)(N(Cc2ccccc2)Cc2ccccc2)CC1. The largest absolute Gasteiger partial charge is 0.444 e. The highest BCUT2D eigenvalue weighted by Crippen LogP contribution is 2.32. The number of rotatable bonds is 5. The standard InChI is InChI=1S/C25H34N2O2/c1-24(2,3)29-23(28)26-17-15-25(4,16-18-26)27(19-21-11-7-5-8-12-21)20-22-13-9-6-10-14-22/h5-14H,15-20H2,1-4H3. The van der Waals surface area contributed by atoms with E-state index in [1.165, 1.54) is 11.1 Å². The lowest BCUT2D eigenvalue weighted by atomic mass is 9.86. The van der Waals surface area contributed by atoms with E-state index in [1.54, 1.807) is 0 Å². The van der Waals surface area contributed by atoms with Gasteiger partial charge >= 0.3 is 6.09 Å². The molecule has 1 fully saturated rings. The van der Waals surface area contributed by atoms with Gasteiger partial charge in [-0.1, -0.05) is 60.7 Å². The monoisotopic (exact) mass is 394 g/mol. The van der Waals surface area contributed by atoms with Crippen LogP contribution in [-0.4, -0.2) is 40.1 Å². The fraction of sp³-hybridized carbons (Fsp3) is 0.480. The van der Waals surface area contributed by atoms with Crippen molar-refractivity contribution in [1.82, 2.24) is 9.80 Å². The minimum Gasteiger partial charge on any atom is -0.444 e. The Morgan fingerprint density at radius 2 is 1.38 bits per heavy atom. The molecule has 1 saturated heterocycles. The molecule has 1 aliphatic heterocycles. The fourth-order valence-corrected chi connectivity index (χ4v) is 3.86. The van der Waals surface area contributed by atoms with Crippen LogP contribution in [0.25, 0.3) is 0 Å². The van der Waals surface area contributed by atoms with Gasteiger partial charge in [-0.3, -0.25) is 4.90 Å². The third kappa shape index (κ3) is 6.07. The first-order valence-corrected chi connectivity index (χ1v) is 10.6. The minimum atomic E-state index is -0.454. The number of piperidine rings is 1. The summed E-state index contributed by atoms with van der Waals surface area (Å²) in [6, 6.07) is 21.3. The zero-order valence-corrected chi connectivity index (χ0v) is 18.2. The zero-order chi connectivity index (χ0) is 20.9. The van der Waals surface area contributed by atoms with Crippen molar-refractivity contribution in [1.29, 1.82) is 0 Å². The van der Waals surface area contributed by atoms with Crippen LogP contribution >= 0.6 is 0 Å². The van der Waals surface area contributed by atoms with Crippen molar-refractivity contribution in [2.75, 3.05) is 13.1 Å². The molecule has 0 atom stereocenters. The average molecular weight is 395 g/mol. The number of carbonyl (C=O) groups is 1. The van der Waals surface area contributed by atoms with Crippen molar-refractivity contribution in [3.8, 4) is 0 Å². The van der Waals surface area contributed by atoms with Gasteiger partial charge in [0, 0.05) is 31.7 Å². The van der Waals surface area contributed by atoms with Crippen molar-refractivity contribution in [3.05, 3.63) is 71.8 Å². The summed E-state index contributed by atoms with van der Waals surface area (Å²) >= 11 is 0. The van der Waals surface area contributed by atoms with E-state index in [9.17, 15) is 4.79 Å². The van der Waals surface area contributed by atoms with E-state index >= 15 is 0 Å². The van der Waals surface area contributed by atoms with E-state index in [1.807, 2.05) is 25.7 Å². The second-order valence-corrected chi connectivity index (χ2v) is 9.29. The van der Waals surface area contributed by atoms with Gasteiger partial charge in [-0.2, -0.15) is 0 Å². The van der Waals surface area contributed by atoms with Crippen molar-refractivity contribution in [3.63, 3.8) is 0 Å². The van der Waals surface area contributed by atoms with E-state index < -0.39 is 5.60 Å². The van der Waals surface area contributed by atoms with Crippen LogP contribution in [0, 0.1) is 0 Å². The fourth-order valence-electron chi connectivity index (χ4n) is 3.86. The molecule has 4 heteroatoms. The van der Waals surface area contributed by atoms with Crippen LogP contribution in [0.4, 0.5) is 4.79 Å². The zero-order valence-electron chi connectivity index (χ0n) is 18.2. The van der Waals surface area contributed by atoms with Gasteiger partial charge in [0.05, 0.1) is 0 Å². The lowest BCUT2D eigenvalue weighted by Crippen LogP contribution is -2.54. The summed E-state index contributed by atoms with van der Waals surface area (Å²) in [5.41, 5.74) is 2.22. The molecular formula is C25H34N2O2. The molecule has 0 bridgehead atoms. The number of likely N-dealkylation sites (tertiary alicyclic amines) is 1. The van der Waals surface area contributed by atoms with Gasteiger partial charge in [0.2, 0.25) is 0 Å². The average Bonchev–Trinajstić information content (AvgIpc) is 2.68. The van der Waals surface area contributed by atoms with Crippen LogP contribution < -0.4 is 0 Å². The van der Waals surface area contributed by atoms with Gasteiger partial charge in [-0.15, -0.1) is 0 Å². The molecule has 0 saturated carbocycles. The highest BCUT2D eigenvalue weighted by atomic mass is 16.6. The molecule has 3 rings (SSSR count). The predicted molar refractivity (Wildman–Crippen MR) is 118 cm³/mol. The molecular weight excluding hydrogens is 360 g/mol. The Balaban J connectivity index is 1.72. The summed E-state index contributed by atoms with van der Waals surface area (Å²) in [6.45, 7) is 11.3. The third-order valence-electron chi connectivity index (χ3n) is 5.69. The third-order valence-corrected chi connectivity index (χ3v) is 5.69. The molecule has 1 aliphatic rings. The van der Waals surface area contributed by atoms with E-state index in [4.69, 9.17) is 4.74 Å². The van der Waals surface area contributed by atoms with Gasteiger partial charge in [0.15, 0.2) is 0 Å². The highest BCUT2D eigenvalue weighted by molar-refractivity contribution is 5.68. The lowest BCUT2D eigenvalue weighted by Gasteiger charge is -2.47. The van der Waals surface area contributed by atoms with E-state index in [2.05, 4.69) is 72.5 Å². The number of carbonyl (C=O) groups excluding carboxylic acids is 1. The minimum absolute atomic E-state index is 0.0319. The molecule has 4 nitrogen and oxygen atoms in total. The first-order valence-electron chi connectivity index (χ1n) is 10.6. The molecule has 0 aromatic heterocycles. The predicted octanol–water partition coefficient (Wildman–Crippen LogP) is 5.48. The summed E-state index contributed by atoms with van der Waals surface area (Å²) in [5, 5.41) is 0. The first-order chi connectivity index (χ1) is 13.8. The number of hydrogen-bond donors (Lipinski definition) is 0. The topological polar surface area (TPSA) is 32.8 Å². The molecule has 0 aliphatic carbocycles. The van der Waals surface area contributed by atoms with Gasteiger partial charge in [0.25, 0.3) is 0 Å². The lowest BCUT2D eigenvalue weighted by molar-refractivity contribution is -0.00666. The van der Waals surface area contributed by atoms with Crippen molar-refractivity contribution in [2.24, 2.45) is 0 Å². The van der Waals surface area contributed by atoms with Gasteiger partial charge in [-0.05, 0) is 51.7 Å². The Labute approximate surface area is 175 Å². The molecule has 29 heavy (non-hydrogen) atoms. The smallest absolute Gasteiger partial charge is 0.410 e. The summed E-state index contributed by atoms with van der Waals surface area (Å²) < 4.78 is 5.57. The van der Waals surface area contributed by atoms with Crippen molar-refractivity contribution >= 4 is 6.09 Å². The number of benzene rings is 2. The quantitative estimate of drug-likeness (QED) is 0.673. The Morgan fingerprint density at radius 3 is 1.79 bits per heavy atom. The maximum absolute atomic E-state index is 12.5. The molecule has 1 amide bonds. The Bertz CT molecular complexity index is 734. The van der Waals surface area contributed by atoms with Crippen LogP contribution in [0.2, 0.25) is 0 Å². The normalized spacial score (nSPS) is 16.7. The molecule has 2 aromatic rings. The van der Waals surface area contributed by atoms with Crippen molar-refractivity contribution in [2.45, 2.75) is 64.8 Å². The maximum Gasteiger partial charge on any atom is 0.410 e. The molecule has 2 aromatic carbocycles. The summed E-state index contributed by atoms with van der Waals surface area (Å²) in [7, 11) is 0. The first kappa shape index (κ1) is 21.4. The van der Waals surface area contributed by atoms with Gasteiger partial charge in [-0.25, -0.2) is 4.79 Å². The van der Waals surface area contributed by atoms with Crippen LogP contribution in [-0.2, 0) is 17.8 Å². The molecule has 0 spiro atoms. The molecule has 156 valence electrons. The Kier molecular flexibility index (Phi) is 6.63. The number of amides is 1. The van der Waals surface area contributed by atoms with Gasteiger partial charge < -0.3 is 9.64 Å². The second-order valence-electron chi connectivity index (χ2n) is 9.29. The molecule has 0 unspecified atom stereocenters. The number of hydrogen-bond acceptors (Lipinski definition) is 3. The maximum atomic E-state index is 12.5. The number of ether oxygens (including phenoxy) is 1. The van der Waals surface area contributed by atoms with E-state index in [0.717, 1.165) is 39.0 Å². The van der Waals surface area contributed by atoms with Crippen LogP contribution in [0.1, 0.15) is 51.7 Å². The van der Waals surface area contributed by atoms with Crippen LogP contribution in [0.3, 0.4) is 0 Å².